The van der Waals surface area contributed by atoms with E-state index in [0.29, 0.717) is 12.3 Å². The minimum Gasteiger partial charge on any atom is -0.350 e. The summed E-state index contributed by atoms with van der Waals surface area (Å²) in [6, 6.07) is 7.93. The number of amides is 1. The number of halogens is 1. The molecule has 106 valence electrons. The van der Waals surface area contributed by atoms with E-state index >= 15 is 0 Å². The van der Waals surface area contributed by atoms with Gasteiger partial charge in [0.05, 0.1) is 0 Å². The van der Waals surface area contributed by atoms with Crippen molar-refractivity contribution in [3.8, 4) is 0 Å². The Morgan fingerprint density at radius 3 is 2.65 bits per heavy atom. The summed E-state index contributed by atoms with van der Waals surface area (Å²) in [7, 11) is 0. The molecule has 0 saturated heterocycles. The number of benzene rings is 1. The number of nitrogens with one attached hydrogen (secondary N) is 1. The highest BCUT2D eigenvalue weighted by molar-refractivity contribution is 6.30. The fourth-order valence-electron chi connectivity index (χ4n) is 2.94. The molecule has 20 heavy (non-hydrogen) atoms. The molecule has 1 saturated carbocycles. The molecule has 1 atom stereocenters. The Bertz CT molecular complexity index is 516. The van der Waals surface area contributed by atoms with Crippen LogP contribution < -0.4 is 5.32 Å². The van der Waals surface area contributed by atoms with E-state index in [-0.39, 0.29) is 11.4 Å². The van der Waals surface area contributed by atoms with Crippen molar-refractivity contribution < 1.29 is 4.79 Å². The van der Waals surface area contributed by atoms with E-state index in [1.807, 2.05) is 24.3 Å². The predicted molar refractivity (Wildman–Crippen MR) is 81.7 cm³/mol. The number of hydrogen-bond donors (Lipinski definition) is 1. The third-order valence-electron chi connectivity index (χ3n) is 4.27. The van der Waals surface area contributed by atoms with Gasteiger partial charge in [-0.3, -0.25) is 4.79 Å². The highest BCUT2D eigenvalue weighted by Crippen LogP contribution is 2.39. The first-order valence-corrected chi connectivity index (χ1v) is 7.75. The van der Waals surface area contributed by atoms with Crippen LogP contribution in [0.4, 0.5) is 0 Å². The Kier molecular flexibility index (Phi) is 3.84. The zero-order chi connectivity index (χ0) is 14.0. The van der Waals surface area contributed by atoms with Crippen LogP contribution in [0.3, 0.4) is 0 Å². The van der Waals surface area contributed by atoms with Gasteiger partial charge in [-0.2, -0.15) is 0 Å². The Morgan fingerprint density at radius 1 is 1.30 bits per heavy atom. The van der Waals surface area contributed by atoms with Crippen LogP contribution in [0.5, 0.6) is 0 Å². The normalized spacial score (nSPS) is 22.8. The lowest BCUT2D eigenvalue weighted by Crippen LogP contribution is -2.39. The molecule has 0 spiro atoms. The highest BCUT2D eigenvalue weighted by atomic mass is 35.5. The minimum absolute atomic E-state index is 0.00717. The van der Waals surface area contributed by atoms with Gasteiger partial charge in [-0.25, -0.2) is 0 Å². The molecule has 3 rings (SSSR count). The lowest BCUT2D eigenvalue weighted by molar-refractivity contribution is -0.122. The molecule has 2 nitrogen and oxygen atoms in total. The molecular weight excluding hydrogens is 270 g/mol. The SMILES string of the molecule is O=C(C[C@@H]1C=CCC1)NC1(Cc2ccc(Cl)cc2)CC1. The summed E-state index contributed by atoms with van der Waals surface area (Å²) in [5.74, 6) is 0.648. The Hall–Kier alpha value is -1.28. The van der Waals surface area contributed by atoms with Gasteiger partial charge in [-0.1, -0.05) is 35.9 Å². The number of allylic oxidation sites excluding steroid dienone is 2. The van der Waals surface area contributed by atoms with Crippen molar-refractivity contribution in [3.63, 3.8) is 0 Å². The maximum atomic E-state index is 12.1. The molecule has 1 aromatic carbocycles. The lowest BCUT2D eigenvalue weighted by Gasteiger charge is -2.19. The second kappa shape index (κ2) is 5.61. The average molecular weight is 290 g/mol. The van der Waals surface area contributed by atoms with Crippen molar-refractivity contribution in [2.45, 2.75) is 44.1 Å². The lowest BCUT2D eigenvalue weighted by atomic mass is 10.0. The third kappa shape index (κ3) is 3.43. The quantitative estimate of drug-likeness (QED) is 0.819. The van der Waals surface area contributed by atoms with Gasteiger partial charge in [0.25, 0.3) is 0 Å². The fraction of sp³-hybridized carbons (Fsp3) is 0.471. The molecule has 3 heteroatoms. The standard InChI is InChI=1S/C17H20ClNO/c18-15-7-5-14(6-8-15)12-17(9-10-17)19-16(20)11-13-3-1-2-4-13/h1,3,5-8,13H,2,4,9-12H2,(H,19,20)/t13-/m1/s1. The van der Waals surface area contributed by atoms with E-state index in [1.165, 1.54) is 5.56 Å². The van der Waals surface area contributed by atoms with Gasteiger partial charge in [-0.15, -0.1) is 0 Å². The summed E-state index contributed by atoms with van der Waals surface area (Å²) in [5, 5.41) is 4.01. The fourth-order valence-corrected chi connectivity index (χ4v) is 3.07. The first-order valence-electron chi connectivity index (χ1n) is 7.37. The molecule has 0 heterocycles. The Morgan fingerprint density at radius 2 is 2.05 bits per heavy atom. The molecule has 0 unspecified atom stereocenters. The van der Waals surface area contributed by atoms with Gasteiger partial charge < -0.3 is 5.32 Å². The molecule has 0 radical (unpaired) electrons. The van der Waals surface area contributed by atoms with E-state index in [4.69, 9.17) is 11.6 Å². The summed E-state index contributed by atoms with van der Waals surface area (Å²) in [4.78, 5) is 12.1. The van der Waals surface area contributed by atoms with Gasteiger partial charge in [0.15, 0.2) is 0 Å². The highest BCUT2D eigenvalue weighted by Gasteiger charge is 2.43. The number of rotatable bonds is 5. The molecule has 2 aliphatic rings. The van der Waals surface area contributed by atoms with Crippen LogP contribution >= 0.6 is 11.6 Å². The average Bonchev–Trinajstić information content (AvgIpc) is 2.96. The van der Waals surface area contributed by atoms with Gasteiger partial charge >= 0.3 is 0 Å². The van der Waals surface area contributed by atoms with Crippen LogP contribution in [0.2, 0.25) is 5.02 Å². The maximum Gasteiger partial charge on any atom is 0.221 e. The summed E-state index contributed by atoms with van der Waals surface area (Å²) in [6.45, 7) is 0. The second-order valence-electron chi connectivity index (χ2n) is 6.10. The number of carbonyl (C=O) groups is 1. The summed E-state index contributed by atoms with van der Waals surface area (Å²) >= 11 is 5.90. The molecule has 1 fully saturated rings. The van der Waals surface area contributed by atoms with Crippen molar-refractivity contribution in [3.05, 3.63) is 47.0 Å². The van der Waals surface area contributed by atoms with Crippen molar-refractivity contribution in [1.82, 2.24) is 5.32 Å². The first-order chi connectivity index (χ1) is 9.65. The topological polar surface area (TPSA) is 29.1 Å². The molecular formula is C17H20ClNO. The third-order valence-corrected chi connectivity index (χ3v) is 4.53. The molecule has 1 amide bonds. The van der Waals surface area contributed by atoms with Gasteiger partial charge in [0.1, 0.15) is 0 Å². The van der Waals surface area contributed by atoms with E-state index in [0.717, 1.165) is 37.1 Å². The Labute approximate surface area is 125 Å². The molecule has 0 bridgehead atoms. The summed E-state index contributed by atoms with van der Waals surface area (Å²) in [6.07, 6.45) is 10.3. The van der Waals surface area contributed by atoms with Gasteiger partial charge in [0.2, 0.25) is 5.91 Å². The molecule has 0 aliphatic heterocycles. The second-order valence-corrected chi connectivity index (χ2v) is 6.54. The van der Waals surface area contributed by atoms with E-state index < -0.39 is 0 Å². The molecule has 1 aromatic rings. The van der Waals surface area contributed by atoms with E-state index in [1.54, 1.807) is 0 Å². The van der Waals surface area contributed by atoms with E-state index in [2.05, 4.69) is 17.5 Å². The predicted octanol–water partition coefficient (Wildman–Crippen LogP) is 3.89. The van der Waals surface area contributed by atoms with Crippen LogP contribution in [-0.4, -0.2) is 11.4 Å². The van der Waals surface area contributed by atoms with Crippen molar-refractivity contribution >= 4 is 17.5 Å². The summed E-state index contributed by atoms with van der Waals surface area (Å²) < 4.78 is 0. The van der Waals surface area contributed by atoms with Crippen LogP contribution in [0.25, 0.3) is 0 Å². The number of hydrogen-bond acceptors (Lipinski definition) is 1. The molecule has 2 aliphatic carbocycles. The zero-order valence-electron chi connectivity index (χ0n) is 11.6. The van der Waals surface area contributed by atoms with Crippen LogP contribution in [0.1, 0.15) is 37.7 Å². The maximum absolute atomic E-state index is 12.1. The Balaban J connectivity index is 1.54. The van der Waals surface area contributed by atoms with E-state index in [9.17, 15) is 4.79 Å². The minimum atomic E-state index is 0.00717. The zero-order valence-corrected chi connectivity index (χ0v) is 12.3. The summed E-state index contributed by atoms with van der Waals surface area (Å²) in [5.41, 5.74) is 1.25. The monoisotopic (exact) mass is 289 g/mol. The van der Waals surface area contributed by atoms with Crippen molar-refractivity contribution in [2.75, 3.05) is 0 Å². The van der Waals surface area contributed by atoms with Crippen molar-refractivity contribution in [2.24, 2.45) is 5.92 Å². The van der Waals surface area contributed by atoms with Gasteiger partial charge in [0, 0.05) is 17.0 Å². The van der Waals surface area contributed by atoms with Gasteiger partial charge in [-0.05, 0) is 55.7 Å². The smallest absolute Gasteiger partial charge is 0.221 e. The van der Waals surface area contributed by atoms with Crippen LogP contribution in [0.15, 0.2) is 36.4 Å². The molecule has 0 aromatic heterocycles. The first kappa shape index (κ1) is 13.7. The molecule has 1 N–H and O–H groups in total. The van der Waals surface area contributed by atoms with Crippen molar-refractivity contribution in [1.29, 1.82) is 0 Å². The van der Waals surface area contributed by atoms with Crippen LogP contribution in [-0.2, 0) is 11.2 Å². The number of carbonyl (C=O) groups excluding carboxylic acids is 1. The largest absolute Gasteiger partial charge is 0.350 e. The van der Waals surface area contributed by atoms with Crippen LogP contribution in [0, 0.1) is 5.92 Å².